The summed E-state index contributed by atoms with van der Waals surface area (Å²) in [5.74, 6) is 1.98. The molecule has 0 saturated heterocycles. The van der Waals surface area contributed by atoms with Gasteiger partial charge < -0.3 is 10.1 Å². The largest absolute Gasteiger partial charge is 0.496 e. The fraction of sp³-hybridized carbons (Fsp3) is 0.667. The predicted octanol–water partition coefficient (Wildman–Crippen LogP) is 4.54. The lowest BCUT2D eigenvalue weighted by atomic mass is 9.79. The zero-order valence-electron chi connectivity index (χ0n) is 13.5. The monoisotopic (exact) mass is 275 g/mol. The molecular weight excluding hydrogens is 246 g/mol. The number of nitrogens with one attached hydrogen (secondary N) is 1. The van der Waals surface area contributed by atoms with Crippen molar-refractivity contribution in [1.82, 2.24) is 5.32 Å². The average Bonchev–Trinajstić information content (AvgIpc) is 2.40. The summed E-state index contributed by atoms with van der Waals surface area (Å²) in [7, 11) is 1.80. The summed E-state index contributed by atoms with van der Waals surface area (Å²) in [6, 6.07) is 4.93. The normalized spacial score (nSPS) is 16.8. The first kappa shape index (κ1) is 15.4. The molecule has 1 aromatic carbocycles. The molecule has 0 spiro atoms. The maximum atomic E-state index is 5.71. The molecule has 1 aliphatic carbocycles. The van der Waals surface area contributed by atoms with Gasteiger partial charge in [-0.2, -0.15) is 0 Å². The molecule has 0 bridgehead atoms. The molecule has 1 aromatic rings. The van der Waals surface area contributed by atoms with E-state index >= 15 is 0 Å². The number of methoxy groups -OCH3 is 1. The Balaban J connectivity index is 2.23. The lowest BCUT2D eigenvalue weighted by Crippen LogP contribution is -2.27. The van der Waals surface area contributed by atoms with Gasteiger partial charge in [0.25, 0.3) is 0 Å². The van der Waals surface area contributed by atoms with Crippen molar-refractivity contribution in [3.8, 4) is 5.75 Å². The quantitative estimate of drug-likeness (QED) is 0.788. The molecule has 2 nitrogen and oxygen atoms in total. The molecular formula is C18H29NO. The molecule has 0 radical (unpaired) electrons. The van der Waals surface area contributed by atoms with Gasteiger partial charge in [0, 0.05) is 11.6 Å². The third-order valence-electron chi connectivity index (χ3n) is 4.72. The highest BCUT2D eigenvalue weighted by Gasteiger charge is 2.25. The lowest BCUT2D eigenvalue weighted by Gasteiger charge is -2.31. The van der Waals surface area contributed by atoms with Gasteiger partial charge >= 0.3 is 0 Å². The Morgan fingerprint density at radius 3 is 2.60 bits per heavy atom. The van der Waals surface area contributed by atoms with Crippen LogP contribution in [0.4, 0.5) is 0 Å². The van der Waals surface area contributed by atoms with Crippen molar-refractivity contribution in [1.29, 1.82) is 0 Å². The fourth-order valence-electron chi connectivity index (χ4n) is 3.06. The van der Waals surface area contributed by atoms with Gasteiger partial charge in [0.1, 0.15) is 5.75 Å². The molecule has 20 heavy (non-hydrogen) atoms. The first-order chi connectivity index (χ1) is 9.67. The van der Waals surface area contributed by atoms with Gasteiger partial charge in [-0.3, -0.25) is 0 Å². The van der Waals surface area contributed by atoms with Gasteiger partial charge in [0.15, 0.2) is 0 Å². The molecule has 0 aliphatic heterocycles. The topological polar surface area (TPSA) is 21.3 Å². The summed E-state index contributed by atoms with van der Waals surface area (Å²) in [6.45, 7) is 7.62. The number of hydrogen-bond donors (Lipinski definition) is 1. The highest BCUT2D eigenvalue weighted by molar-refractivity contribution is 5.46. The van der Waals surface area contributed by atoms with E-state index in [0.717, 1.165) is 18.2 Å². The minimum atomic E-state index is 0.439. The molecule has 0 heterocycles. The summed E-state index contributed by atoms with van der Waals surface area (Å²) < 4.78 is 5.71. The molecule has 1 saturated carbocycles. The van der Waals surface area contributed by atoms with Crippen LogP contribution in [0.3, 0.4) is 0 Å². The summed E-state index contributed by atoms with van der Waals surface area (Å²) in [5.41, 5.74) is 3.93. The summed E-state index contributed by atoms with van der Waals surface area (Å²) in [5, 5.41) is 3.73. The molecule has 2 rings (SSSR count). The van der Waals surface area contributed by atoms with Crippen LogP contribution in [0.2, 0.25) is 0 Å². The second-order valence-electron chi connectivity index (χ2n) is 6.17. The van der Waals surface area contributed by atoms with Gasteiger partial charge in [-0.15, -0.1) is 0 Å². The van der Waals surface area contributed by atoms with Crippen LogP contribution in [0.5, 0.6) is 5.75 Å². The zero-order valence-corrected chi connectivity index (χ0v) is 13.5. The third kappa shape index (κ3) is 3.35. The van der Waals surface area contributed by atoms with E-state index in [1.807, 2.05) is 0 Å². The zero-order chi connectivity index (χ0) is 14.5. The van der Waals surface area contributed by atoms with E-state index in [2.05, 4.69) is 38.2 Å². The van der Waals surface area contributed by atoms with Crippen LogP contribution in [0.25, 0.3) is 0 Å². The van der Waals surface area contributed by atoms with Crippen molar-refractivity contribution in [2.45, 2.75) is 58.9 Å². The SMILES string of the molecule is CCCNC(CC1CCC1)c1ccc(C)c(C)c1OC. The Bertz CT molecular complexity index is 437. The van der Waals surface area contributed by atoms with Gasteiger partial charge in [-0.1, -0.05) is 38.3 Å². The Labute approximate surface area is 123 Å². The van der Waals surface area contributed by atoms with Gasteiger partial charge in [-0.25, -0.2) is 0 Å². The van der Waals surface area contributed by atoms with Crippen molar-refractivity contribution in [2.75, 3.05) is 13.7 Å². The van der Waals surface area contributed by atoms with E-state index in [-0.39, 0.29) is 0 Å². The standard InChI is InChI=1S/C18H29NO/c1-5-11-19-17(12-15-7-6-8-15)16-10-9-13(2)14(3)18(16)20-4/h9-10,15,17,19H,5-8,11-12H2,1-4H3. The maximum Gasteiger partial charge on any atom is 0.126 e. The van der Waals surface area contributed by atoms with E-state index in [1.54, 1.807) is 7.11 Å². The summed E-state index contributed by atoms with van der Waals surface area (Å²) in [4.78, 5) is 0. The predicted molar refractivity (Wildman–Crippen MR) is 85.5 cm³/mol. The van der Waals surface area contributed by atoms with Gasteiger partial charge in [0.05, 0.1) is 7.11 Å². The average molecular weight is 275 g/mol. The van der Waals surface area contributed by atoms with E-state index in [4.69, 9.17) is 4.74 Å². The summed E-state index contributed by atoms with van der Waals surface area (Å²) in [6.07, 6.45) is 6.64. The second-order valence-corrected chi connectivity index (χ2v) is 6.17. The van der Waals surface area contributed by atoms with Crippen LogP contribution >= 0.6 is 0 Å². The van der Waals surface area contributed by atoms with Crippen molar-refractivity contribution < 1.29 is 4.74 Å². The van der Waals surface area contributed by atoms with E-state index < -0.39 is 0 Å². The fourth-order valence-corrected chi connectivity index (χ4v) is 3.06. The van der Waals surface area contributed by atoms with Gasteiger partial charge in [0.2, 0.25) is 0 Å². The molecule has 1 N–H and O–H groups in total. The Morgan fingerprint density at radius 2 is 2.05 bits per heavy atom. The molecule has 1 aliphatic rings. The number of ether oxygens (including phenoxy) is 1. The summed E-state index contributed by atoms with van der Waals surface area (Å²) >= 11 is 0. The van der Waals surface area contributed by atoms with Crippen LogP contribution in [0.1, 0.15) is 61.8 Å². The first-order valence-electron chi connectivity index (χ1n) is 8.04. The molecule has 1 atom stereocenters. The smallest absolute Gasteiger partial charge is 0.126 e. The highest BCUT2D eigenvalue weighted by Crippen LogP contribution is 2.38. The van der Waals surface area contributed by atoms with Crippen molar-refractivity contribution >= 4 is 0 Å². The van der Waals surface area contributed by atoms with E-state index in [9.17, 15) is 0 Å². The van der Waals surface area contributed by atoms with Crippen molar-refractivity contribution in [3.05, 3.63) is 28.8 Å². The minimum Gasteiger partial charge on any atom is -0.496 e. The highest BCUT2D eigenvalue weighted by atomic mass is 16.5. The van der Waals surface area contributed by atoms with Crippen LogP contribution < -0.4 is 10.1 Å². The van der Waals surface area contributed by atoms with E-state index in [0.29, 0.717) is 6.04 Å². The van der Waals surface area contributed by atoms with E-state index in [1.165, 1.54) is 48.8 Å². The number of hydrogen-bond acceptors (Lipinski definition) is 2. The Morgan fingerprint density at radius 1 is 1.30 bits per heavy atom. The number of benzene rings is 1. The molecule has 1 fully saturated rings. The first-order valence-corrected chi connectivity index (χ1v) is 8.04. The van der Waals surface area contributed by atoms with Gasteiger partial charge in [-0.05, 0) is 50.3 Å². The number of aryl methyl sites for hydroxylation is 1. The number of rotatable bonds is 7. The van der Waals surface area contributed by atoms with Crippen LogP contribution in [-0.2, 0) is 0 Å². The van der Waals surface area contributed by atoms with Crippen molar-refractivity contribution in [3.63, 3.8) is 0 Å². The lowest BCUT2D eigenvalue weighted by molar-refractivity contribution is 0.258. The van der Waals surface area contributed by atoms with Crippen LogP contribution in [0, 0.1) is 19.8 Å². The van der Waals surface area contributed by atoms with Crippen molar-refractivity contribution in [2.24, 2.45) is 5.92 Å². The minimum absolute atomic E-state index is 0.439. The second kappa shape index (κ2) is 7.12. The maximum absolute atomic E-state index is 5.71. The third-order valence-corrected chi connectivity index (χ3v) is 4.72. The van der Waals surface area contributed by atoms with Crippen LogP contribution in [-0.4, -0.2) is 13.7 Å². The Kier molecular flexibility index (Phi) is 5.47. The molecule has 0 amide bonds. The molecule has 112 valence electrons. The molecule has 0 aromatic heterocycles. The molecule has 2 heteroatoms. The van der Waals surface area contributed by atoms with Crippen LogP contribution in [0.15, 0.2) is 12.1 Å². The molecule has 1 unspecified atom stereocenters. The Hall–Kier alpha value is -1.02.